The lowest BCUT2D eigenvalue weighted by Gasteiger charge is -2.23. The van der Waals surface area contributed by atoms with Gasteiger partial charge in [0, 0.05) is 29.8 Å². The van der Waals surface area contributed by atoms with E-state index >= 15 is 0 Å². The fourth-order valence-corrected chi connectivity index (χ4v) is 2.35. The first-order valence-electron chi connectivity index (χ1n) is 5.91. The summed E-state index contributed by atoms with van der Waals surface area (Å²) in [6.07, 6.45) is 1.68. The number of hydrogen-bond acceptors (Lipinski definition) is 4. The van der Waals surface area contributed by atoms with Crippen molar-refractivity contribution in [2.75, 3.05) is 13.2 Å². The Labute approximate surface area is 122 Å². The molecule has 0 saturated carbocycles. The Morgan fingerprint density at radius 1 is 1.50 bits per heavy atom. The molecule has 108 valence electrons. The van der Waals surface area contributed by atoms with E-state index in [1.54, 1.807) is 6.07 Å². The molecule has 1 aromatic heterocycles. The Balaban J connectivity index is 2.11. The Bertz CT molecular complexity index is 592. The summed E-state index contributed by atoms with van der Waals surface area (Å²) < 4.78 is 6.90. The highest BCUT2D eigenvalue weighted by molar-refractivity contribution is 9.10. The molecule has 1 atom stereocenters. The molecule has 0 bridgehead atoms. The van der Waals surface area contributed by atoms with Gasteiger partial charge in [-0.25, -0.2) is 4.79 Å². The summed E-state index contributed by atoms with van der Waals surface area (Å²) in [6, 6.07) is 2.89. The van der Waals surface area contributed by atoms with Gasteiger partial charge in [0.15, 0.2) is 5.54 Å². The highest BCUT2D eigenvalue weighted by atomic mass is 79.9. The van der Waals surface area contributed by atoms with Crippen molar-refractivity contribution in [2.45, 2.75) is 18.5 Å². The van der Waals surface area contributed by atoms with Crippen LogP contribution in [0.5, 0.6) is 0 Å². The van der Waals surface area contributed by atoms with E-state index < -0.39 is 17.4 Å². The molecule has 1 fully saturated rings. The van der Waals surface area contributed by atoms with Gasteiger partial charge in [0.2, 0.25) is 5.91 Å². The van der Waals surface area contributed by atoms with Crippen LogP contribution in [0.3, 0.4) is 0 Å². The maximum Gasteiger partial charge on any atom is 0.331 e. The SMILES string of the molecule is O=C(Cn1cc(Br)ccc1=O)NC1(C(=O)O)CCOC1. The standard InChI is InChI=1S/C12H13BrN2O5/c13-8-1-2-10(17)15(5-8)6-9(16)14-12(11(18)19)3-4-20-7-12/h1-2,5H,3-4,6-7H2,(H,14,16)(H,18,19). The molecular weight excluding hydrogens is 332 g/mol. The zero-order valence-electron chi connectivity index (χ0n) is 10.5. The van der Waals surface area contributed by atoms with Gasteiger partial charge in [0.05, 0.1) is 6.61 Å². The maximum atomic E-state index is 11.9. The van der Waals surface area contributed by atoms with E-state index in [0.717, 1.165) is 0 Å². The summed E-state index contributed by atoms with van der Waals surface area (Å²) in [5, 5.41) is 11.7. The van der Waals surface area contributed by atoms with Crippen LogP contribution in [0.4, 0.5) is 0 Å². The van der Waals surface area contributed by atoms with E-state index in [-0.39, 0.29) is 31.7 Å². The number of carboxylic acid groups (broad SMARTS) is 1. The lowest BCUT2D eigenvalue weighted by atomic mass is 9.99. The van der Waals surface area contributed by atoms with Crippen LogP contribution in [-0.2, 0) is 20.9 Å². The van der Waals surface area contributed by atoms with E-state index in [1.807, 2.05) is 0 Å². The average Bonchev–Trinajstić information content (AvgIpc) is 2.83. The molecule has 1 saturated heterocycles. The molecule has 0 spiro atoms. The number of nitrogens with one attached hydrogen (secondary N) is 1. The predicted octanol–water partition coefficient (Wildman–Crippen LogP) is -0.0293. The lowest BCUT2D eigenvalue weighted by Crippen LogP contribution is -2.56. The van der Waals surface area contributed by atoms with E-state index in [4.69, 9.17) is 4.74 Å². The second-order valence-electron chi connectivity index (χ2n) is 4.55. The van der Waals surface area contributed by atoms with Gasteiger partial charge >= 0.3 is 5.97 Å². The summed E-state index contributed by atoms with van der Waals surface area (Å²) in [5.74, 6) is -1.68. The Morgan fingerprint density at radius 2 is 2.25 bits per heavy atom. The van der Waals surface area contributed by atoms with Gasteiger partial charge in [0.25, 0.3) is 5.56 Å². The molecule has 1 aliphatic rings. The van der Waals surface area contributed by atoms with E-state index in [1.165, 1.54) is 16.8 Å². The van der Waals surface area contributed by atoms with Crippen molar-refractivity contribution in [3.8, 4) is 0 Å². The number of carbonyl (C=O) groups is 2. The number of pyridine rings is 1. The number of aliphatic carboxylic acids is 1. The quantitative estimate of drug-likeness (QED) is 0.799. The second kappa shape index (κ2) is 5.76. The predicted molar refractivity (Wildman–Crippen MR) is 72.3 cm³/mol. The molecule has 2 N–H and O–H groups in total. The summed E-state index contributed by atoms with van der Waals surface area (Å²) >= 11 is 3.20. The van der Waals surface area contributed by atoms with Crippen LogP contribution < -0.4 is 10.9 Å². The van der Waals surface area contributed by atoms with Crippen LogP contribution in [0, 0.1) is 0 Å². The number of rotatable bonds is 4. The van der Waals surface area contributed by atoms with Crippen LogP contribution in [0.2, 0.25) is 0 Å². The first-order valence-corrected chi connectivity index (χ1v) is 6.70. The van der Waals surface area contributed by atoms with Crippen LogP contribution in [0.1, 0.15) is 6.42 Å². The van der Waals surface area contributed by atoms with Gasteiger partial charge < -0.3 is 19.7 Å². The molecule has 0 radical (unpaired) electrons. The van der Waals surface area contributed by atoms with E-state index in [9.17, 15) is 19.5 Å². The van der Waals surface area contributed by atoms with Crippen molar-refractivity contribution in [3.05, 3.63) is 33.2 Å². The number of hydrogen-bond donors (Lipinski definition) is 2. The van der Waals surface area contributed by atoms with Crippen molar-refractivity contribution in [1.82, 2.24) is 9.88 Å². The fourth-order valence-electron chi connectivity index (χ4n) is 1.97. The summed E-state index contributed by atoms with van der Waals surface area (Å²) in [5.41, 5.74) is -1.73. The number of carboxylic acids is 1. The molecule has 2 rings (SSSR count). The van der Waals surface area contributed by atoms with Gasteiger partial charge in [-0.2, -0.15) is 0 Å². The number of nitrogens with zero attached hydrogens (tertiary/aromatic N) is 1. The molecule has 1 aromatic rings. The smallest absolute Gasteiger partial charge is 0.331 e. The monoisotopic (exact) mass is 344 g/mol. The minimum Gasteiger partial charge on any atom is -0.479 e. The van der Waals surface area contributed by atoms with Gasteiger partial charge in [-0.15, -0.1) is 0 Å². The molecule has 20 heavy (non-hydrogen) atoms. The number of aromatic nitrogens is 1. The molecular formula is C12H13BrN2O5. The van der Waals surface area contributed by atoms with E-state index in [0.29, 0.717) is 4.47 Å². The number of ether oxygens (including phenoxy) is 1. The van der Waals surface area contributed by atoms with Gasteiger partial charge in [-0.3, -0.25) is 9.59 Å². The van der Waals surface area contributed by atoms with Gasteiger partial charge in [-0.05, 0) is 22.0 Å². The Morgan fingerprint density at radius 3 is 2.85 bits per heavy atom. The van der Waals surface area contributed by atoms with Gasteiger partial charge in [0.1, 0.15) is 6.54 Å². The molecule has 1 amide bonds. The first-order chi connectivity index (χ1) is 9.43. The van der Waals surface area contributed by atoms with Crippen LogP contribution >= 0.6 is 15.9 Å². The molecule has 7 nitrogen and oxygen atoms in total. The molecule has 0 aliphatic carbocycles. The topological polar surface area (TPSA) is 97.6 Å². The minimum absolute atomic E-state index is 0.0680. The fraction of sp³-hybridized carbons (Fsp3) is 0.417. The third-order valence-corrected chi connectivity index (χ3v) is 3.54. The lowest BCUT2D eigenvalue weighted by molar-refractivity contribution is -0.147. The van der Waals surface area contributed by atoms with Crippen molar-refractivity contribution in [1.29, 1.82) is 0 Å². The molecule has 8 heteroatoms. The van der Waals surface area contributed by atoms with Gasteiger partial charge in [-0.1, -0.05) is 0 Å². The molecule has 1 aliphatic heterocycles. The van der Waals surface area contributed by atoms with Crippen LogP contribution in [0.15, 0.2) is 27.6 Å². The minimum atomic E-state index is -1.40. The van der Waals surface area contributed by atoms with E-state index in [2.05, 4.69) is 21.2 Å². The first kappa shape index (κ1) is 14.7. The third kappa shape index (κ3) is 3.07. The van der Waals surface area contributed by atoms with Crippen molar-refractivity contribution < 1.29 is 19.4 Å². The average molecular weight is 345 g/mol. The normalized spacial score (nSPS) is 21.6. The van der Waals surface area contributed by atoms with Crippen molar-refractivity contribution in [3.63, 3.8) is 0 Å². The molecule has 0 aromatic carbocycles. The zero-order chi connectivity index (χ0) is 14.8. The Kier molecular flexibility index (Phi) is 4.24. The third-order valence-electron chi connectivity index (χ3n) is 3.07. The van der Waals surface area contributed by atoms with Crippen LogP contribution in [0.25, 0.3) is 0 Å². The van der Waals surface area contributed by atoms with Crippen molar-refractivity contribution in [2.24, 2.45) is 0 Å². The summed E-state index contributed by atoms with van der Waals surface area (Å²) in [4.78, 5) is 34.8. The Hall–Kier alpha value is -1.67. The second-order valence-corrected chi connectivity index (χ2v) is 5.47. The molecule has 1 unspecified atom stereocenters. The number of carbonyl (C=O) groups excluding carboxylic acids is 1. The number of amides is 1. The summed E-state index contributed by atoms with van der Waals surface area (Å²) in [6.45, 7) is -0.0296. The zero-order valence-corrected chi connectivity index (χ0v) is 12.1. The maximum absolute atomic E-state index is 11.9. The van der Waals surface area contributed by atoms with Crippen molar-refractivity contribution >= 4 is 27.8 Å². The number of halogens is 1. The highest BCUT2D eigenvalue weighted by Gasteiger charge is 2.43. The summed E-state index contributed by atoms with van der Waals surface area (Å²) in [7, 11) is 0. The van der Waals surface area contributed by atoms with Crippen LogP contribution in [-0.4, -0.2) is 40.3 Å². The highest BCUT2D eigenvalue weighted by Crippen LogP contribution is 2.18. The molecule has 2 heterocycles. The largest absolute Gasteiger partial charge is 0.479 e.